The molecular formula is C23H24N6O5. The normalized spacial score (nSPS) is 17.1. The average Bonchev–Trinajstić information content (AvgIpc) is 3.23. The van der Waals surface area contributed by atoms with Gasteiger partial charge in [-0.1, -0.05) is 0 Å². The van der Waals surface area contributed by atoms with Crippen LogP contribution in [0.1, 0.15) is 0 Å². The van der Waals surface area contributed by atoms with Crippen molar-refractivity contribution in [3.05, 3.63) is 42.6 Å². The Morgan fingerprint density at radius 2 is 2.12 bits per heavy atom. The zero-order chi connectivity index (χ0) is 23.5. The van der Waals surface area contributed by atoms with Crippen LogP contribution >= 0.6 is 0 Å². The maximum absolute atomic E-state index is 12.4. The first-order chi connectivity index (χ1) is 16.6. The van der Waals surface area contributed by atoms with Gasteiger partial charge in [0.2, 0.25) is 5.88 Å². The second-order valence-corrected chi connectivity index (χ2v) is 7.84. The number of rotatable bonds is 8. The number of anilines is 3. The number of aromatic nitrogens is 2. The van der Waals surface area contributed by atoms with E-state index in [0.29, 0.717) is 49.2 Å². The van der Waals surface area contributed by atoms with Gasteiger partial charge in [0, 0.05) is 37.6 Å². The average molecular weight is 464 g/mol. The van der Waals surface area contributed by atoms with Crippen molar-refractivity contribution >= 4 is 40.1 Å². The third kappa shape index (κ3) is 4.50. The first kappa shape index (κ1) is 21.7. The summed E-state index contributed by atoms with van der Waals surface area (Å²) in [5.41, 5.74) is 3.59. The second kappa shape index (κ2) is 9.40. The van der Waals surface area contributed by atoms with E-state index in [1.165, 1.54) is 0 Å². The number of nitrogens with one attached hydrogen (secondary N) is 3. The van der Waals surface area contributed by atoms with Crippen LogP contribution in [0.5, 0.6) is 11.6 Å². The number of cyclic esters (lactones) is 1. The Balaban J connectivity index is 1.12. The number of pyridine rings is 2. The number of carbonyl (C=O) groups excluding carboxylic acids is 2. The van der Waals surface area contributed by atoms with Gasteiger partial charge in [0.15, 0.2) is 6.61 Å². The van der Waals surface area contributed by atoms with E-state index < -0.39 is 6.09 Å². The predicted octanol–water partition coefficient (Wildman–Crippen LogP) is 2.00. The van der Waals surface area contributed by atoms with E-state index in [1.807, 2.05) is 12.1 Å². The molecule has 0 spiro atoms. The number of benzene rings is 1. The van der Waals surface area contributed by atoms with Crippen molar-refractivity contribution in [1.82, 2.24) is 15.3 Å². The lowest BCUT2D eigenvalue weighted by Gasteiger charge is -2.20. The van der Waals surface area contributed by atoms with E-state index in [4.69, 9.17) is 14.2 Å². The molecule has 176 valence electrons. The molecule has 0 bridgehead atoms. The van der Waals surface area contributed by atoms with Crippen molar-refractivity contribution in [2.24, 2.45) is 0 Å². The van der Waals surface area contributed by atoms with Crippen molar-refractivity contribution in [3.8, 4) is 11.6 Å². The first-order valence-corrected chi connectivity index (χ1v) is 10.9. The van der Waals surface area contributed by atoms with Crippen molar-refractivity contribution in [1.29, 1.82) is 0 Å². The van der Waals surface area contributed by atoms with Crippen LogP contribution in [-0.4, -0.2) is 68.0 Å². The van der Waals surface area contributed by atoms with Crippen molar-refractivity contribution in [2.45, 2.75) is 6.10 Å². The Bertz CT molecular complexity index is 1240. The fourth-order valence-corrected chi connectivity index (χ4v) is 3.89. The third-order valence-electron chi connectivity index (χ3n) is 5.54. The molecule has 1 atom stereocenters. The Morgan fingerprint density at radius 3 is 3.00 bits per heavy atom. The Hall–Kier alpha value is -4.12. The summed E-state index contributed by atoms with van der Waals surface area (Å²) < 4.78 is 16.1. The fraction of sp³-hybridized carbons (Fsp3) is 0.304. The molecule has 11 heteroatoms. The van der Waals surface area contributed by atoms with E-state index in [2.05, 4.69) is 25.9 Å². The number of amides is 2. The summed E-state index contributed by atoms with van der Waals surface area (Å²) in [6, 6.07) is 10.8. The van der Waals surface area contributed by atoms with Crippen LogP contribution in [0.15, 0.2) is 42.6 Å². The number of fused-ring (bicyclic) bond motifs is 2. The molecule has 11 nitrogen and oxygen atoms in total. The second-order valence-electron chi connectivity index (χ2n) is 7.84. The van der Waals surface area contributed by atoms with E-state index in [9.17, 15) is 9.59 Å². The molecule has 2 aromatic heterocycles. The monoisotopic (exact) mass is 464 g/mol. The molecule has 3 aromatic rings. The Kier molecular flexibility index (Phi) is 6.00. The molecule has 34 heavy (non-hydrogen) atoms. The van der Waals surface area contributed by atoms with Crippen LogP contribution < -0.4 is 30.3 Å². The van der Waals surface area contributed by atoms with Crippen molar-refractivity contribution in [3.63, 3.8) is 0 Å². The van der Waals surface area contributed by atoms with Crippen molar-refractivity contribution < 1.29 is 23.8 Å². The zero-order valence-electron chi connectivity index (χ0n) is 18.5. The Morgan fingerprint density at radius 1 is 1.21 bits per heavy atom. The molecule has 5 rings (SSSR count). The van der Waals surface area contributed by atoms with Crippen molar-refractivity contribution in [2.75, 3.05) is 55.4 Å². The zero-order valence-corrected chi connectivity index (χ0v) is 18.5. The molecule has 2 aliphatic heterocycles. The topological polar surface area (TPSA) is 127 Å². The minimum Gasteiger partial charge on any atom is -0.482 e. The van der Waals surface area contributed by atoms with Crippen LogP contribution in [-0.2, 0) is 9.53 Å². The summed E-state index contributed by atoms with van der Waals surface area (Å²) in [5.74, 6) is 0.888. The van der Waals surface area contributed by atoms with Gasteiger partial charge in [0.05, 0.1) is 30.5 Å². The molecular weight excluding hydrogens is 440 g/mol. The maximum atomic E-state index is 12.4. The highest BCUT2D eigenvalue weighted by molar-refractivity contribution is 5.97. The van der Waals surface area contributed by atoms with Gasteiger partial charge >= 0.3 is 6.09 Å². The Labute approximate surface area is 195 Å². The lowest BCUT2D eigenvalue weighted by Crippen LogP contribution is -2.33. The smallest absolute Gasteiger partial charge is 0.414 e. The summed E-state index contributed by atoms with van der Waals surface area (Å²) in [7, 11) is 1.58. The van der Waals surface area contributed by atoms with E-state index in [-0.39, 0.29) is 18.6 Å². The van der Waals surface area contributed by atoms with Gasteiger partial charge in [-0.3, -0.25) is 14.7 Å². The highest BCUT2D eigenvalue weighted by Gasteiger charge is 2.32. The first-order valence-electron chi connectivity index (χ1n) is 10.9. The lowest BCUT2D eigenvalue weighted by molar-refractivity contribution is -0.118. The summed E-state index contributed by atoms with van der Waals surface area (Å²) >= 11 is 0. The summed E-state index contributed by atoms with van der Waals surface area (Å²) in [4.78, 5) is 34.3. The molecule has 2 amide bonds. The number of methoxy groups -OCH3 is 1. The number of hydrogen-bond acceptors (Lipinski definition) is 9. The predicted molar refractivity (Wildman–Crippen MR) is 126 cm³/mol. The van der Waals surface area contributed by atoms with E-state index in [0.717, 1.165) is 16.7 Å². The van der Waals surface area contributed by atoms with Gasteiger partial charge in [-0.2, -0.15) is 0 Å². The summed E-state index contributed by atoms with van der Waals surface area (Å²) in [6.45, 7) is 2.21. The fourth-order valence-electron chi connectivity index (χ4n) is 3.89. The van der Waals surface area contributed by atoms with Crippen LogP contribution in [0.3, 0.4) is 0 Å². The minimum absolute atomic E-state index is 0.0111. The number of hydrogen-bond donors (Lipinski definition) is 3. The van der Waals surface area contributed by atoms with Crippen LogP contribution in [0, 0.1) is 0 Å². The van der Waals surface area contributed by atoms with Gasteiger partial charge in [0.1, 0.15) is 17.4 Å². The van der Waals surface area contributed by atoms with E-state index in [1.54, 1.807) is 42.5 Å². The molecule has 1 fully saturated rings. The number of nitrogens with zero attached hydrogens (tertiary/aromatic N) is 3. The van der Waals surface area contributed by atoms with E-state index >= 15 is 0 Å². The van der Waals surface area contributed by atoms with Crippen LogP contribution in [0.2, 0.25) is 0 Å². The van der Waals surface area contributed by atoms with Crippen LogP contribution in [0.25, 0.3) is 11.0 Å². The largest absolute Gasteiger partial charge is 0.482 e. The van der Waals surface area contributed by atoms with Gasteiger partial charge in [-0.15, -0.1) is 0 Å². The standard InChI is InChI=1S/C23H24N6O5/c1-32-21-5-3-16-22(28-21)17(6-7-25-16)26-9-8-24-11-15-12-29(23(31)34-15)14-2-4-19-18(10-14)27-20(30)13-33-19/h2-7,10,15,24H,8-9,11-13H2,1H3,(H,25,26)(H,27,30). The molecule has 1 aromatic carbocycles. The highest BCUT2D eigenvalue weighted by Crippen LogP contribution is 2.33. The number of ether oxygens (including phenoxy) is 3. The quantitative estimate of drug-likeness (QED) is 0.429. The highest BCUT2D eigenvalue weighted by atomic mass is 16.6. The van der Waals surface area contributed by atoms with Crippen LogP contribution in [0.4, 0.5) is 21.9 Å². The van der Waals surface area contributed by atoms with Gasteiger partial charge < -0.3 is 30.2 Å². The third-order valence-corrected chi connectivity index (χ3v) is 5.54. The summed E-state index contributed by atoms with van der Waals surface area (Å²) in [6.07, 6.45) is 1.02. The minimum atomic E-state index is -0.420. The summed E-state index contributed by atoms with van der Waals surface area (Å²) in [5, 5.41) is 9.42. The molecule has 1 saturated heterocycles. The lowest BCUT2D eigenvalue weighted by atomic mass is 10.2. The molecule has 0 saturated carbocycles. The molecule has 4 heterocycles. The number of carbonyl (C=O) groups is 2. The molecule has 1 unspecified atom stereocenters. The molecule has 0 aliphatic carbocycles. The molecule has 2 aliphatic rings. The molecule has 0 radical (unpaired) electrons. The SMILES string of the molecule is COc1ccc2nccc(NCCNCC3CN(c4ccc5c(c4)NC(=O)CO5)C(=O)O3)c2n1. The maximum Gasteiger partial charge on any atom is 0.414 e. The molecule has 3 N–H and O–H groups in total. The van der Waals surface area contributed by atoms with Gasteiger partial charge in [-0.05, 0) is 30.3 Å². The van der Waals surface area contributed by atoms with Gasteiger partial charge in [-0.25, -0.2) is 9.78 Å². The van der Waals surface area contributed by atoms with Gasteiger partial charge in [0.25, 0.3) is 5.91 Å².